The van der Waals surface area contributed by atoms with Crippen LogP contribution in [0.2, 0.25) is 5.02 Å². The summed E-state index contributed by atoms with van der Waals surface area (Å²) in [4.78, 5) is 20.8. The quantitative estimate of drug-likeness (QED) is 0.550. The van der Waals surface area contributed by atoms with Gasteiger partial charge in [0, 0.05) is 17.6 Å². The van der Waals surface area contributed by atoms with Crippen LogP contribution in [0.25, 0.3) is 10.2 Å². The van der Waals surface area contributed by atoms with E-state index in [-0.39, 0.29) is 17.8 Å². The lowest BCUT2D eigenvalue weighted by molar-refractivity contribution is -0.118. The first-order valence-corrected chi connectivity index (χ1v) is 9.98. The van der Waals surface area contributed by atoms with Gasteiger partial charge in [-0.25, -0.2) is 13.8 Å². The molecule has 28 heavy (non-hydrogen) atoms. The van der Waals surface area contributed by atoms with Crippen LogP contribution in [0.1, 0.15) is 12.0 Å². The zero-order chi connectivity index (χ0) is 20.3. The number of hydrogen-bond donors (Lipinski definition) is 0. The van der Waals surface area contributed by atoms with Crippen LogP contribution >= 0.6 is 22.9 Å². The fraction of sp³-hybridized carbons (Fsp3) is 0.300. The second-order valence-corrected chi connectivity index (χ2v) is 8.12. The van der Waals surface area contributed by atoms with E-state index in [1.807, 2.05) is 25.1 Å². The van der Waals surface area contributed by atoms with Gasteiger partial charge >= 0.3 is 0 Å². The third-order valence-electron chi connectivity index (χ3n) is 4.22. The molecule has 0 saturated heterocycles. The van der Waals surface area contributed by atoms with Crippen LogP contribution in [0.4, 0.5) is 13.9 Å². The van der Waals surface area contributed by atoms with E-state index in [0.29, 0.717) is 33.4 Å². The highest BCUT2D eigenvalue weighted by atomic mass is 35.5. The molecular formula is C20H20ClF2N3OS. The fourth-order valence-electron chi connectivity index (χ4n) is 2.83. The van der Waals surface area contributed by atoms with Gasteiger partial charge in [-0.1, -0.05) is 41.1 Å². The minimum absolute atomic E-state index is 0.0737. The molecule has 0 spiro atoms. The predicted octanol–water partition coefficient (Wildman–Crippen LogP) is 4.76. The Morgan fingerprint density at radius 2 is 1.93 bits per heavy atom. The summed E-state index contributed by atoms with van der Waals surface area (Å²) < 4.78 is 28.0. The molecule has 0 bridgehead atoms. The maximum absolute atomic E-state index is 14.1. The zero-order valence-corrected chi connectivity index (χ0v) is 17.2. The lowest BCUT2D eigenvalue weighted by Gasteiger charge is -2.21. The standard InChI is InChI=1S/C20H20ClF2N3OS/c1-25(2)8-5-9-26(18(27)10-13-6-3-4-7-15(13)21)20-24-19-16(23)11-14(22)12-17(19)28-20/h3-4,6-7,11-12H,5,8-10H2,1-2H3. The minimum Gasteiger partial charge on any atom is -0.309 e. The molecule has 0 radical (unpaired) electrons. The van der Waals surface area contributed by atoms with Crippen LogP contribution in [-0.4, -0.2) is 43.0 Å². The number of hydrogen-bond acceptors (Lipinski definition) is 4. The van der Waals surface area contributed by atoms with Gasteiger partial charge in [0.25, 0.3) is 0 Å². The maximum atomic E-state index is 14.1. The molecule has 3 rings (SSSR count). The Hall–Kier alpha value is -2.09. The number of amides is 1. The van der Waals surface area contributed by atoms with Crippen molar-refractivity contribution in [1.82, 2.24) is 9.88 Å². The Kier molecular flexibility index (Phi) is 6.59. The second kappa shape index (κ2) is 8.94. The fourth-order valence-corrected chi connectivity index (χ4v) is 4.08. The van der Waals surface area contributed by atoms with E-state index in [0.717, 1.165) is 23.9 Å². The monoisotopic (exact) mass is 423 g/mol. The van der Waals surface area contributed by atoms with Gasteiger partial charge < -0.3 is 4.90 Å². The van der Waals surface area contributed by atoms with Crippen molar-refractivity contribution >= 4 is 44.2 Å². The van der Waals surface area contributed by atoms with Gasteiger partial charge in [0.1, 0.15) is 11.3 Å². The highest BCUT2D eigenvalue weighted by molar-refractivity contribution is 7.22. The molecule has 4 nitrogen and oxygen atoms in total. The molecule has 0 aliphatic heterocycles. The number of rotatable bonds is 7. The van der Waals surface area contributed by atoms with E-state index in [9.17, 15) is 13.6 Å². The van der Waals surface area contributed by atoms with Crippen molar-refractivity contribution < 1.29 is 13.6 Å². The van der Waals surface area contributed by atoms with E-state index in [1.54, 1.807) is 18.2 Å². The van der Waals surface area contributed by atoms with Gasteiger partial charge in [-0.3, -0.25) is 9.69 Å². The first-order chi connectivity index (χ1) is 13.3. The van der Waals surface area contributed by atoms with Gasteiger partial charge in [-0.05, 0) is 44.8 Å². The van der Waals surface area contributed by atoms with E-state index < -0.39 is 11.6 Å². The summed E-state index contributed by atoms with van der Waals surface area (Å²) in [7, 11) is 3.90. The van der Waals surface area contributed by atoms with Crippen molar-refractivity contribution in [2.24, 2.45) is 0 Å². The summed E-state index contributed by atoms with van der Waals surface area (Å²) in [5, 5.41) is 0.872. The highest BCUT2D eigenvalue weighted by Gasteiger charge is 2.22. The molecule has 2 aromatic carbocycles. The number of fused-ring (bicyclic) bond motifs is 1. The number of benzene rings is 2. The SMILES string of the molecule is CN(C)CCCN(C(=O)Cc1ccccc1Cl)c1nc2c(F)cc(F)cc2s1. The molecule has 8 heteroatoms. The van der Waals surface area contributed by atoms with Gasteiger partial charge in [-0.2, -0.15) is 0 Å². The summed E-state index contributed by atoms with van der Waals surface area (Å²) >= 11 is 7.29. The summed E-state index contributed by atoms with van der Waals surface area (Å²) in [5.74, 6) is -1.59. The van der Waals surface area contributed by atoms with Gasteiger partial charge in [0.15, 0.2) is 10.9 Å². The summed E-state index contributed by atoms with van der Waals surface area (Å²) in [6.45, 7) is 1.20. The predicted molar refractivity (Wildman–Crippen MR) is 110 cm³/mol. The van der Waals surface area contributed by atoms with Crippen LogP contribution in [0.3, 0.4) is 0 Å². The molecule has 3 aromatic rings. The van der Waals surface area contributed by atoms with Crippen molar-refractivity contribution in [1.29, 1.82) is 0 Å². The van der Waals surface area contributed by atoms with Crippen molar-refractivity contribution in [2.75, 3.05) is 32.1 Å². The van der Waals surface area contributed by atoms with Crippen molar-refractivity contribution in [2.45, 2.75) is 12.8 Å². The Bertz CT molecular complexity index is 993. The molecule has 0 N–H and O–H groups in total. The van der Waals surface area contributed by atoms with Crippen LogP contribution < -0.4 is 4.90 Å². The molecule has 0 aliphatic rings. The first kappa shape index (κ1) is 20.6. The van der Waals surface area contributed by atoms with E-state index in [4.69, 9.17) is 11.6 Å². The Morgan fingerprint density at radius 3 is 2.64 bits per heavy atom. The first-order valence-electron chi connectivity index (χ1n) is 8.79. The molecule has 0 fully saturated rings. The molecule has 1 heterocycles. The van der Waals surface area contributed by atoms with E-state index in [2.05, 4.69) is 4.98 Å². The Morgan fingerprint density at radius 1 is 1.18 bits per heavy atom. The number of aromatic nitrogens is 1. The normalized spacial score (nSPS) is 11.4. The van der Waals surface area contributed by atoms with E-state index in [1.165, 1.54) is 11.0 Å². The van der Waals surface area contributed by atoms with Crippen LogP contribution in [0.5, 0.6) is 0 Å². The maximum Gasteiger partial charge on any atom is 0.233 e. The lowest BCUT2D eigenvalue weighted by atomic mass is 10.1. The zero-order valence-electron chi connectivity index (χ0n) is 15.6. The molecule has 1 aromatic heterocycles. The topological polar surface area (TPSA) is 36.4 Å². The second-order valence-electron chi connectivity index (χ2n) is 6.70. The number of anilines is 1. The molecule has 0 saturated carbocycles. The number of halogens is 3. The average molecular weight is 424 g/mol. The summed E-state index contributed by atoms with van der Waals surface area (Å²) in [6, 6.07) is 9.18. The van der Waals surface area contributed by atoms with Gasteiger partial charge in [-0.15, -0.1) is 0 Å². The Balaban J connectivity index is 1.91. The molecule has 148 valence electrons. The largest absolute Gasteiger partial charge is 0.309 e. The van der Waals surface area contributed by atoms with Crippen LogP contribution in [-0.2, 0) is 11.2 Å². The Labute approximate surface area is 171 Å². The number of nitrogens with zero attached hydrogens (tertiary/aromatic N) is 3. The third kappa shape index (κ3) is 4.84. The molecular weight excluding hydrogens is 404 g/mol. The van der Waals surface area contributed by atoms with Gasteiger partial charge in [0.05, 0.1) is 11.1 Å². The molecule has 0 atom stereocenters. The van der Waals surface area contributed by atoms with Crippen molar-refractivity contribution in [3.05, 3.63) is 58.6 Å². The average Bonchev–Trinajstić information content (AvgIpc) is 3.04. The number of thiazole rings is 1. The lowest BCUT2D eigenvalue weighted by Crippen LogP contribution is -2.34. The van der Waals surface area contributed by atoms with Gasteiger partial charge in [0.2, 0.25) is 5.91 Å². The smallest absolute Gasteiger partial charge is 0.233 e. The summed E-state index contributed by atoms with van der Waals surface area (Å²) in [5.41, 5.74) is 0.787. The highest BCUT2D eigenvalue weighted by Crippen LogP contribution is 2.32. The van der Waals surface area contributed by atoms with Crippen LogP contribution in [0.15, 0.2) is 36.4 Å². The minimum atomic E-state index is -0.732. The van der Waals surface area contributed by atoms with E-state index >= 15 is 0 Å². The summed E-state index contributed by atoms with van der Waals surface area (Å²) in [6.07, 6.45) is 0.822. The molecule has 0 aliphatic carbocycles. The van der Waals surface area contributed by atoms with Crippen LogP contribution in [0, 0.1) is 11.6 Å². The van der Waals surface area contributed by atoms with Crippen molar-refractivity contribution in [3.63, 3.8) is 0 Å². The number of carbonyl (C=O) groups is 1. The third-order valence-corrected chi connectivity index (χ3v) is 5.61. The van der Waals surface area contributed by atoms with Crippen molar-refractivity contribution in [3.8, 4) is 0 Å². The molecule has 0 unspecified atom stereocenters. The number of carbonyl (C=O) groups excluding carboxylic acids is 1. The molecule has 1 amide bonds.